The van der Waals surface area contributed by atoms with Crippen molar-refractivity contribution in [1.29, 1.82) is 0 Å². The number of carbonyl (C=O) groups excluding carboxylic acids is 3. The van der Waals surface area contributed by atoms with E-state index >= 15 is 0 Å². The molecule has 2 aromatic carbocycles. The Balaban J connectivity index is 1.81. The van der Waals surface area contributed by atoms with Crippen molar-refractivity contribution >= 4 is 29.1 Å². The number of fused-ring (bicyclic) bond motifs is 1. The van der Waals surface area contributed by atoms with Crippen LogP contribution in [0.3, 0.4) is 0 Å². The number of anilines is 1. The van der Waals surface area contributed by atoms with Crippen molar-refractivity contribution in [2.24, 2.45) is 0 Å². The van der Waals surface area contributed by atoms with Gasteiger partial charge in [-0.15, -0.1) is 0 Å². The van der Waals surface area contributed by atoms with Crippen LogP contribution >= 0.6 is 0 Å². The van der Waals surface area contributed by atoms with Crippen LogP contribution < -0.4 is 5.32 Å². The molecule has 8 nitrogen and oxygen atoms in total. The molecule has 144 valence electrons. The average Bonchev–Trinajstić information content (AvgIpc) is 2.92. The third-order valence-electron chi connectivity index (χ3n) is 4.85. The van der Waals surface area contributed by atoms with E-state index in [-0.39, 0.29) is 17.0 Å². The van der Waals surface area contributed by atoms with Crippen LogP contribution in [0.25, 0.3) is 0 Å². The van der Waals surface area contributed by atoms with E-state index in [0.717, 1.165) is 23.0 Å². The van der Waals surface area contributed by atoms with Gasteiger partial charge in [-0.2, -0.15) is 0 Å². The fraction of sp³-hybridized carbons (Fsp3) is 0.250. The third kappa shape index (κ3) is 3.36. The lowest BCUT2D eigenvalue weighted by Crippen LogP contribution is -2.37. The van der Waals surface area contributed by atoms with Crippen molar-refractivity contribution in [2.45, 2.75) is 26.2 Å². The Morgan fingerprint density at radius 3 is 2.54 bits per heavy atom. The molecule has 8 heteroatoms. The zero-order valence-electron chi connectivity index (χ0n) is 15.5. The Hall–Kier alpha value is -3.55. The number of hydrogen-bond acceptors (Lipinski definition) is 5. The molecule has 0 aliphatic carbocycles. The summed E-state index contributed by atoms with van der Waals surface area (Å²) in [6, 6.07) is 11.2. The molecule has 3 rings (SSSR count). The monoisotopic (exact) mass is 381 g/mol. The molecular formula is C20H19N3O5. The zero-order chi connectivity index (χ0) is 20.4. The SMILES string of the molecule is CC[C@H](C)c1ccccc1NC(=O)CN1C(=O)c2cccc([N+](=O)[O-])c2C1=O. The molecule has 0 saturated carbocycles. The highest BCUT2D eigenvalue weighted by Crippen LogP contribution is 2.31. The maximum atomic E-state index is 12.6. The van der Waals surface area contributed by atoms with Crippen molar-refractivity contribution in [1.82, 2.24) is 4.90 Å². The number of nitrogens with zero attached hydrogens (tertiary/aromatic N) is 2. The lowest BCUT2D eigenvalue weighted by molar-refractivity contribution is -0.385. The first-order valence-corrected chi connectivity index (χ1v) is 8.87. The van der Waals surface area contributed by atoms with Gasteiger partial charge in [0.1, 0.15) is 12.1 Å². The summed E-state index contributed by atoms with van der Waals surface area (Å²) >= 11 is 0. The molecule has 0 unspecified atom stereocenters. The first-order valence-electron chi connectivity index (χ1n) is 8.87. The summed E-state index contributed by atoms with van der Waals surface area (Å²) < 4.78 is 0. The normalized spacial score (nSPS) is 14.0. The van der Waals surface area contributed by atoms with E-state index < -0.39 is 34.9 Å². The van der Waals surface area contributed by atoms with E-state index in [1.807, 2.05) is 26.0 Å². The van der Waals surface area contributed by atoms with Crippen molar-refractivity contribution < 1.29 is 19.3 Å². The van der Waals surface area contributed by atoms with Crippen LogP contribution in [-0.4, -0.2) is 34.1 Å². The third-order valence-corrected chi connectivity index (χ3v) is 4.85. The summed E-state index contributed by atoms with van der Waals surface area (Å²) in [6.07, 6.45) is 0.884. The van der Waals surface area contributed by atoms with Crippen molar-refractivity contribution in [3.63, 3.8) is 0 Å². The predicted molar refractivity (Wildman–Crippen MR) is 102 cm³/mol. The highest BCUT2D eigenvalue weighted by Gasteiger charge is 2.41. The Kier molecular flexibility index (Phi) is 5.21. The first-order chi connectivity index (χ1) is 13.3. The first kappa shape index (κ1) is 19.2. The molecule has 0 aromatic heterocycles. The number of hydrogen-bond donors (Lipinski definition) is 1. The second-order valence-corrected chi connectivity index (χ2v) is 6.60. The number of amides is 3. The molecule has 0 spiro atoms. The van der Waals surface area contributed by atoms with Gasteiger partial charge in [-0.25, -0.2) is 0 Å². The highest BCUT2D eigenvalue weighted by molar-refractivity contribution is 6.24. The summed E-state index contributed by atoms with van der Waals surface area (Å²) in [7, 11) is 0. The van der Waals surface area contributed by atoms with Crippen molar-refractivity contribution in [3.8, 4) is 0 Å². The summed E-state index contributed by atoms with van der Waals surface area (Å²) in [5.74, 6) is -1.88. The van der Waals surface area contributed by atoms with Gasteiger partial charge >= 0.3 is 0 Å². The maximum Gasteiger partial charge on any atom is 0.282 e. The van der Waals surface area contributed by atoms with Gasteiger partial charge < -0.3 is 5.32 Å². The smallest absolute Gasteiger partial charge is 0.282 e. The second-order valence-electron chi connectivity index (χ2n) is 6.60. The summed E-state index contributed by atoms with van der Waals surface area (Å²) in [5, 5.41) is 13.9. The molecule has 3 amide bonds. The van der Waals surface area contributed by atoms with Gasteiger partial charge in [-0.1, -0.05) is 38.1 Å². The Bertz CT molecular complexity index is 986. The van der Waals surface area contributed by atoms with E-state index in [9.17, 15) is 24.5 Å². The minimum Gasteiger partial charge on any atom is -0.324 e. The fourth-order valence-electron chi connectivity index (χ4n) is 3.21. The van der Waals surface area contributed by atoms with Gasteiger partial charge in [0.25, 0.3) is 17.5 Å². The van der Waals surface area contributed by atoms with Crippen LogP contribution in [0.4, 0.5) is 11.4 Å². The van der Waals surface area contributed by atoms with Gasteiger partial charge in [0, 0.05) is 11.8 Å². The van der Waals surface area contributed by atoms with Crippen LogP contribution in [0.2, 0.25) is 0 Å². The Morgan fingerprint density at radius 2 is 1.86 bits per heavy atom. The number of carbonyl (C=O) groups is 3. The molecule has 1 aliphatic heterocycles. The minimum absolute atomic E-state index is 0.0630. The molecular weight excluding hydrogens is 362 g/mol. The summed E-state index contributed by atoms with van der Waals surface area (Å²) in [5.41, 5.74) is 0.791. The number of benzene rings is 2. The van der Waals surface area contributed by atoms with Crippen LogP contribution in [0.1, 0.15) is 52.5 Å². The number of rotatable bonds is 6. The molecule has 2 aromatic rings. The standard InChI is InChI=1S/C20H19N3O5/c1-3-12(2)13-7-4-5-9-15(13)21-17(24)11-22-19(25)14-8-6-10-16(23(27)28)18(14)20(22)26/h4-10,12H,3,11H2,1-2H3,(H,21,24)/t12-/m0/s1. The van der Waals surface area contributed by atoms with Crippen molar-refractivity contribution in [2.75, 3.05) is 11.9 Å². The Labute approximate surface area is 161 Å². The van der Waals surface area contributed by atoms with Crippen LogP contribution in [-0.2, 0) is 4.79 Å². The van der Waals surface area contributed by atoms with Crippen LogP contribution in [0.5, 0.6) is 0 Å². The van der Waals surface area contributed by atoms with E-state index in [1.165, 1.54) is 12.1 Å². The van der Waals surface area contributed by atoms with E-state index in [4.69, 9.17) is 0 Å². The molecule has 0 radical (unpaired) electrons. The number of nitro benzene ring substituents is 1. The highest BCUT2D eigenvalue weighted by atomic mass is 16.6. The lowest BCUT2D eigenvalue weighted by Gasteiger charge is -2.17. The van der Waals surface area contributed by atoms with Gasteiger partial charge in [-0.05, 0) is 30.0 Å². The zero-order valence-corrected chi connectivity index (χ0v) is 15.5. The largest absolute Gasteiger partial charge is 0.324 e. The van der Waals surface area contributed by atoms with E-state index in [1.54, 1.807) is 12.1 Å². The number of para-hydroxylation sites is 1. The van der Waals surface area contributed by atoms with Crippen molar-refractivity contribution in [3.05, 3.63) is 69.3 Å². The number of nitrogens with one attached hydrogen (secondary N) is 1. The molecule has 1 atom stereocenters. The van der Waals surface area contributed by atoms with E-state index in [0.29, 0.717) is 5.69 Å². The van der Waals surface area contributed by atoms with Gasteiger partial charge in [0.15, 0.2) is 0 Å². The minimum atomic E-state index is -0.835. The number of nitro groups is 1. The van der Waals surface area contributed by atoms with Crippen LogP contribution in [0.15, 0.2) is 42.5 Å². The quantitative estimate of drug-likeness (QED) is 0.469. The van der Waals surface area contributed by atoms with Gasteiger partial charge in [0.05, 0.1) is 10.5 Å². The molecule has 1 N–H and O–H groups in total. The number of imide groups is 1. The average molecular weight is 381 g/mol. The fourth-order valence-corrected chi connectivity index (χ4v) is 3.21. The Morgan fingerprint density at radius 1 is 1.14 bits per heavy atom. The second kappa shape index (κ2) is 7.59. The van der Waals surface area contributed by atoms with Crippen LogP contribution in [0, 0.1) is 10.1 Å². The lowest BCUT2D eigenvalue weighted by atomic mass is 9.97. The molecule has 0 fully saturated rings. The topological polar surface area (TPSA) is 110 Å². The van der Waals surface area contributed by atoms with Gasteiger partial charge in [0.2, 0.25) is 5.91 Å². The predicted octanol–water partition coefficient (Wildman–Crippen LogP) is 3.34. The molecule has 1 heterocycles. The summed E-state index contributed by atoms with van der Waals surface area (Å²) in [6.45, 7) is 3.56. The molecule has 1 aliphatic rings. The molecule has 0 bridgehead atoms. The molecule has 0 saturated heterocycles. The van der Waals surface area contributed by atoms with E-state index in [2.05, 4.69) is 5.32 Å². The van der Waals surface area contributed by atoms with Gasteiger partial charge in [-0.3, -0.25) is 29.4 Å². The summed E-state index contributed by atoms with van der Waals surface area (Å²) in [4.78, 5) is 48.7. The molecule has 28 heavy (non-hydrogen) atoms. The maximum absolute atomic E-state index is 12.6.